The van der Waals surface area contributed by atoms with Crippen LogP contribution in [0.5, 0.6) is 5.75 Å². The number of benzene rings is 1. The van der Waals surface area contributed by atoms with Gasteiger partial charge < -0.3 is 14.6 Å². The fourth-order valence-corrected chi connectivity index (χ4v) is 2.13. The Morgan fingerprint density at radius 1 is 1.37 bits per heavy atom. The van der Waals surface area contributed by atoms with Crippen LogP contribution in [0.15, 0.2) is 39.3 Å². The van der Waals surface area contributed by atoms with Gasteiger partial charge in [0, 0.05) is 23.1 Å². The lowest BCUT2D eigenvalue weighted by Crippen LogP contribution is -2.15. The fourth-order valence-electron chi connectivity index (χ4n) is 1.75. The summed E-state index contributed by atoms with van der Waals surface area (Å²) in [6.45, 7) is 1.16. The molecule has 3 rings (SSSR count). The molecule has 1 aliphatic rings. The van der Waals surface area contributed by atoms with Crippen molar-refractivity contribution in [2.45, 2.75) is 32.0 Å². The highest BCUT2D eigenvalue weighted by atomic mass is 79.9. The number of hydrogen-bond donors (Lipinski definition) is 1. The van der Waals surface area contributed by atoms with Gasteiger partial charge in [-0.1, -0.05) is 27.2 Å². The molecule has 1 aromatic carbocycles. The SMILES string of the molecule is Brc1cccc(OCc2cc(CNC3CC3)no2)c1. The molecule has 0 bridgehead atoms. The Hall–Kier alpha value is -1.33. The monoisotopic (exact) mass is 322 g/mol. The van der Waals surface area contributed by atoms with Gasteiger partial charge in [0.15, 0.2) is 5.76 Å². The highest BCUT2D eigenvalue weighted by Crippen LogP contribution is 2.20. The Morgan fingerprint density at radius 3 is 3.05 bits per heavy atom. The van der Waals surface area contributed by atoms with E-state index in [0.717, 1.165) is 28.2 Å². The van der Waals surface area contributed by atoms with Crippen molar-refractivity contribution in [1.29, 1.82) is 0 Å². The van der Waals surface area contributed by atoms with Crippen molar-refractivity contribution in [2.24, 2.45) is 0 Å². The molecule has 1 aliphatic carbocycles. The maximum absolute atomic E-state index is 5.64. The van der Waals surface area contributed by atoms with Crippen molar-refractivity contribution in [1.82, 2.24) is 10.5 Å². The molecule has 0 radical (unpaired) electrons. The van der Waals surface area contributed by atoms with Gasteiger partial charge in [-0.15, -0.1) is 0 Å². The smallest absolute Gasteiger partial charge is 0.174 e. The molecule has 1 saturated carbocycles. The number of aromatic nitrogens is 1. The molecule has 5 heteroatoms. The Kier molecular flexibility index (Phi) is 3.84. The van der Waals surface area contributed by atoms with Crippen LogP contribution in [0.25, 0.3) is 0 Å². The molecule has 1 heterocycles. The van der Waals surface area contributed by atoms with E-state index in [1.807, 2.05) is 30.3 Å². The first kappa shape index (κ1) is 12.7. The summed E-state index contributed by atoms with van der Waals surface area (Å²) >= 11 is 3.41. The lowest BCUT2D eigenvalue weighted by Gasteiger charge is -2.03. The second kappa shape index (κ2) is 5.75. The van der Waals surface area contributed by atoms with Gasteiger partial charge in [-0.05, 0) is 31.0 Å². The molecule has 1 N–H and O–H groups in total. The van der Waals surface area contributed by atoms with Crippen LogP contribution in [-0.4, -0.2) is 11.2 Å². The normalized spacial score (nSPS) is 14.6. The first-order valence-electron chi connectivity index (χ1n) is 6.36. The molecule has 4 nitrogen and oxygen atoms in total. The van der Waals surface area contributed by atoms with Crippen LogP contribution < -0.4 is 10.1 Å². The number of nitrogens with zero attached hydrogens (tertiary/aromatic N) is 1. The van der Waals surface area contributed by atoms with Crippen LogP contribution in [0.4, 0.5) is 0 Å². The van der Waals surface area contributed by atoms with E-state index in [-0.39, 0.29) is 0 Å². The highest BCUT2D eigenvalue weighted by Gasteiger charge is 2.20. The van der Waals surface area contributed by atoms with E-state index < -0.39 is 0 Å². The van der Waals surface area contributed by atoms with Gasteiger partial charge in [0.1, 0.15) is 12.4 Å². The van der Waals surface area contributed by atoms with Crippen LogP contribution in [0.3, 0.4) is 0 Å². The number of ether oxygens (including phenoxy) is 1. The van der Waals surface area contributed by atoms with E-state index in [2.05, 4.69) is 26.4 Å². The topological polar surface area (TPSA) is 47.3 Å². The quantitative estimate of drug-likeness (QED) is 0.886. The number of hydrogen-bond acceptors (Lipinski definition) is 4. The number of rotatable bonds is 6. The van der Waals surface area contributed by atoms with Gasteiger partial charge in [-0.3, -0.25) is 0 Å². The molecule has 0 atom stereocenters. The highest BCUT2D eigenvalue weighted by molar-refractivity contribution is 9.10. The maximum atomic E-state index is 5.64. The van der Waals surface area contributed by atoms with Gasteiger partial charge >= 0.3 is 0 Å². The largest absolute Gasteiger partial charge is 0.486 e. The van der Waals surface area contributed by atoms with Crippen molar-refractivity contribution in [3.8, 4) is 5.75 Å². The van der Waals surface area contributed by atoms with Crippen LogP contribution in [0.2, 0.25) is 0 Å². The lowest BCUT2D eigenvalue weighted by molar-refractivity contribution is 0.248. The number of halogens is 1. The van der Waals surface area contributed by atoms with Crippen LogP contribution in [0.1, 0.15) is 24.3 Å². The van der Waals surface area contributed by atoms with E-state index in [9.17, 15) is 0 Å². The molecule has 0 amide bonds. The van der Waals surface area contributed by atoms with Gasteiger partial charge in [0.25, 0.3) is 0 Å². The third-order valence-electron chi connectivity index (χ3n) is 2.93. The van der Waals surface area contributed by atoms with Crippen LogP contribution in [-0.2, 0) is 13.2 Å². The molecular weight excluding hydrogens is 308 g/mol. The maximum Gasteiger partial charge on any atom is 0.174 e. The first-order valence-corrected chi connectivity index (χ1v) is 7.15. The Balaban J connectivity index is 1.51. The molecule has 1 fully saturated rings. The summed E-state index contributed by atoms with van der Waals surface area (Å²) in [6.07, 6.45) is 2.55. The van der Waals surface area contributed by atoms with Crippen molar-refractivity contribution in [2.75, 3.05) is 0 Å². The average molecular weight is 323 g/mol. The van der Waals surface area contributed by atoms with Gasteiger partial charge in [-0.2, -0.15) is 0 Å². The van der Waals surface area contributed by atoms with Crippen LogP contribution in [0, 0.1) is 0 Å². The zero-order valence-electron chi connectivity index (χ0n) is 10.4. The van der Waals surface area contributed by atoms with Crippen molar-refractivity contribution >= 4 is 15.9 Å². The minimum atomic E-state index is 0.396. The first-order chi connectivity index (χ1) is 9.29. The van der Waals surface area contributed by atoms with E-state index in [0.29, 0.717) is 12.6 Å². The second-order valence-corrected chi connectivity index (χ2v) is 5.60. The molecule has 1 aromatic heterocycles. The van der Waals surface area contributed by atoms with Crippen molar-refractivity contribution in [3.63, 3.8) is 0 Å². The lowest BCUT2D eigenvalue weighted by atomic mass is 10.3. The summed E-state index contributed by atoms with van der Waals surface area (Å²) in [5, 5.41) is 7.42. The third kappa shape index (κ3) is 3.81. The molecule has 0 aliphatic heterocycles. The predicted molar refractivity (Wildman–Crippen MR) is 74.8 cm³/mol. The molecule has 0 spiro atoms. The summed E-state index contributed by atoms with van der Waals surface area (Å²) in [6, 6.07) is 10.3. The van der Waals surface area contributed by atoms with E-state index in [1.54, 1.807) is 0 Å². The van der Waals surface area contributed by atoms with E-state index in [1.165, 1.54) is 12.8 Å². The fraction of sp³-hybridized carbons (Fsp3) is 0.357. The standard InChI is InChI=1S/C14H15BrN2O2/c15-10-2-1-3-13(6-10)18-9-14-7-12(17-19-14)8-16-11-4-5-11/h1-3,6-7,11,16H,4-5,8-9H2. The molecule has 2 aromatic rings. The summed E-state index contributed by atoms with van der Waals surface area (Å²) in [7, 11) is 0. The van der Waals surface area contributed by atoms with Crippen molar-refractivity contribution in [3.05, 3.63) is 46.3 Å². The third-order valence-corrected chi connectivity index (χ3v) is 3.43. The minimum absolute atomic E-state index is 0.396. The van der Waals surface area contributed by atoms with Gasteiger partial charge in [-0.25, -0.2) is 0 Å². The molecular formula is C14H15BrN2O2. The Bertz CT molecular complexity index is 552. The molecule has 19 heavy (non-hydrogen) atoms. The second-order valence-electron chi connectivity index (χ2n) is 4.69. The molecule has 0 unspecified atom stereocenters. The van der Waals surface area contributed by atoms with Gasteiger partial charge in [0.2, 0.25) is 0 Å². The minimum Gasteiger partial charge on any atom is -0.486 e. The Labute approximate surface area is 120 Å². The van der Waals surface area contributed by atoms with Crippen molar-refractivity contribution < 1.29 is 9.26 Å². The van der Waals surface area contributed by atoms with E-state index >= 15 is 0 Å². The van der Waals surface area contributed by atoms with Crippen LogP contribution >= 0.6 is 15.9 Å². The average Bonchev–Trinajstić information content (AvgIpc) is 3.13. The zero-order chi connectivity index (χ0) is 13.1. The Morgan fingerprint density at radius 2 is 2.26 bits per heavy atom. The molecule has 0 saturated heterocycles. The summed E-state index contributed by atoms with van der Waals surface area (Å²) < 4.78 is 11.9. The zero-order valence-corrected chi connectivity index (χ0v) is 12.0. The summed E-state index contributed by atoms with van der Waals surface area (Å²) in [4.78, 5) is 0. The number of nitrogens with one attached hydrogen (secondary N) is 1. The summed E-state index contributed by atoms with van der Waals surface area (Å²) in [5.74, 6) is 1.55. The van der Waals surface area contributed by atoms with Gasteiger partial charge in [0.05, 0.1) is 5.69 Å². The molecule has 100 valence electrons. The predicted octanol–water partition coefficient (Wildman–Crippen LogP) is 3.27. The van der Waals surface area contributed by atoms with E-state index in [4.69, 9.17) is 9.26 Å². The summed E-state index contributed by atoms with van der Waals surface area (Å²) in [5.41, 5.74) is 0.930.